The summed E-state index contributed by atoms with van der Waals surface area (Å²) in [6.45, 7) is 0.276. The number of carbonyl (C=O) groups is 1. The minimum atomic E-state index is -0.783. The maximum Gasteiger partial charge on any atom is 0.354 e. The molecule has 5 aromatic rings. The van der Waals surface area contributed by atoms with Gasteiger partial charge in [0.25, 0.3) is 5.56 Å². The van der Waals surface area contributed by atoms with Gasteiger partial charge in [-0.3, -0.25) is 4.79 Å². The molecular weight excluding hydrogens is 466 g/mol. The molecular formula is C27H19NO6S. The molecule has 174 valence electrons. The van der Waals surface area contributed by atoms with Crippen LogP contribution >= 0.6 is 11.8 Å². The highest BCUT2D eigenvalue weighted by molar-refractivity contribution is 7.99. The van der Waals surface area contributed by atoms with E-state index < -0.39 is 22.9 Å². The molecule has 0 radical (unpaired) electrons. The first-order valence-electron chi connectivity index (χ1n) is 10.7. The average molecular weight is 486 g/mol. The van der Waals surface area contributed by atoms with Crippen LogP contribution in [0.4, 0.5) is 0 Å². The number of methoxy groups -OCH3 is 1. The third kappa shape index (κ3) is 4.08. The van der Waals surface area contributed by atoms with Crippen molar-refractivity contribution in [3.05, 3.63) is 111 Å². The quantitative estimate of drug-likeness (QED) is 0.282. The minimum absolute atomic E-state index is 0.0325. The van der Waals surface area contributed by atoms with Crippen LogP contribution < -0.4 is 11.2 Å². The Hall–Kier alpha value is -4.30. The highest BCUT2D eigenvalue weighted by Gasteiger charge is 2.22. The highest BCUT2D eigenvalue weighted by Crippen LogP contribution is 2.37. The lowest BCUT2D eigenvalue weighted by atomic mass is 10.1. The number of ether oxygens (including phenoxy) is 1. The summed E-state index contributed by atoms with van der Waals surface area (Å²) in [6, 6.07) is 23.0. The maximum atomic E-state index is 13.6. The molecule has 0 saturated carbocycles. The fourth-order valence-electron chi connectivity index (χ4n) is 3.98. The van der Waals surface area contributed by atoms with Crippen LogP contribution in [-0.2, 0) is 11.3 Å². The number of aromatic nitrogens is 1. The maximum absolute atomic E-state index is 13.6. The first-order chi connectivity index (χ1) is 17.0. The Balaban J connectivity index is 1.72. The lowest BCUT2D eigenvalue weighted by molar-refractivity contribution is 0.0600. The van der Waals surface area contributed by atoms with E-state index in [1.165, 1.54) is 13.2 Å². The van der Waals surface area contributed by atoms with Gasteiger partial charge in [0.1, 0.15) is 10.3 Å². The van der Waals surface area contributed by atoms with E-state index in [0.29, 0.717) is 21.4 Å². The number of hydrogen-bond acceptors (Lipinski definition) is 7. The average Bonchev–Trinajstić information content (AvgIpc) is 2.89. The summed E-state index contributed by atoms with van der Waals surface area (Å²) in [6.07, 6.45) is 0. The number of rotatable bonds is 5. The second-order valence-corrected chi connectivity index (χ2v) is 8.87. The first kappa shape index (κ1) is 22.5. The van der Waals surface area contributed by atoms with Gasteiger partial charge in [0.15, 0.2) is 11.3 Å². The molecule has 0 unspecified atom stereocenters. The Morgan fingerprint density at radius 1 is 1.00 bits per heavy atom. The topological polar surface area (TPSA) is 98.7 Å². The minimum Gasteiger partial charge on any atom is -0.505 e. The van der Waals surface area contributed by atoms with Gasteiger partial charge in [0.2, 0.25) is 0 Å². The number of hydrogen-bond donors (Lipinski definition) is 1. The van der Waals surface area contributed by atoms with Crippen LogP contribution in [0, 0.1) is 0 Å². The molecule has 0 aliphatic rings. The molecule has 7 nitrogen and oxygen atoms in total. The fourth-order valence-corrected chi connectivity index (χ4v) is 4.87. The Kier molecular flexibility index (Phi) is 5.88. The van der Waals surface area contributed by atoms with Crippen molar-refractivity contribution in [1.82, 2.24) is 4.57 Å². The first-order valence-corrected chi connectivity index (χ1v) is 11.5. The normalized spacial score (nSPS) is 11.1. The monoisotopic (exact) mass is 485 g/mol. The van der Waals surface area contributed by atoms with Crippen LogP contribution in [0.1, 0.15) is 15.9 Å². The van der Waals surface area contributed by atoms with Crippen molar-refractivity contribution in [3.63, 3.8) is 0 Å². The summed E-state index contributed by atoms with van der Waals surface area (Å²) in [7, 11) is 1.27. The summed E-state index contributed by atoms with van der Waals surface area (Å²) >= 11 is 0.909. The Morgan fingerprint density at radius 3 is 2.51 bits per heavy atom. The van der Waals surface area contributed by atoms with Gasteiger partial charge in [0.05, 0.1) is 24.7 Å². The van der Waals surface area contributed by atoms with E-state index in [1.807, 2.05) is 30.3 Å². The van der Waals surface area contributed by atoms with E-state index in [9.17, 15) is 19.5 Å². The van der Waals surface area contributed by atoms with Crippen molar-refractivity contribution in [2.45, 2.75) is 16.3 Å². The van der Waals surface area contributed by atoms with Crippen molar-refractivity contribution < 1.29 is 19.1 Å². The van der Waals surface area contributed by atoms with E-state index in [-0.39, 0.29) is 22.4 Å². The number of fused-ring (bicyclic) bond motifs is 3. The van der Waals surface area contributed by atoms with Crippen molar-refractivity contribution in [2.24, 2.45) is 0 Å². The van der Waals surface area contributed by atoms with Crippen molar-refractivity contribution in [2.75, 3.05) is 7.11 Å². The Labute approximate surface area is 203 Å². The lowest BCUT2D eigenvalue weighted by Gasteiger charge is -2.14. The predicted molar refractivity (Wildman–Crippen MR) is 133 cm³/mol. The molecule has 8 heteroatoms. The van der Waals surface area contributed by atoms with Crippen LogP contribution in [0.5, 0.6) is 5.75 Å². The van der Waals surface area contributed by atoms with E-state index in [4.69, 9.17) is 9.15 Å². The van der Waals surface area contributed by atoms with E-state index in [2.05, 4.69) is 0 Å². The molecule has 3 aromatic carbocycles. The van der Waals surface area contributed by atoms with Crippen molar-refractivity contribution in [1.29, 1.82) is 0 Å². The summed E-state index contributed by atoms with van der Waals surface area (Å²) < 4.78 is 11.9. The highest BCUT2D eigenvalue weighted by atomic mass is 32.2. The molecule has 2 heterocycles. The summed E-state index contributed by atoms with van der Waals surface area (Å²) in [5, 5.41) is 11.6. The number of aromatic hydroxyl groups is 1. The molecule has 0 amide bonds. The number of benzene rings is 3. The van der Waals surface area contributed by atoms with E-state index in [1.54, 1.807) is 47.0 Å². The zero-order valence-corrected chi connectivity index (χ0v) is 19.4. The zero-order chi connectivity index (χ0) is 24.5. The van der Waals surface area contributed by atoms with Crippen LogP contribution in [0.2, 0.25) is 0 Å². The van der Waals surface area contributed by atoms with Crippen molar-refractivity contribution in [3.8, 4) is 5.75 Å². The molecule has 0 saturated heterocycles. The van der Waals surface area contributed by atoms with Gasteiger partial charge in [0, 0.05) is 10.3 Å². The predicted octanol–water partition coefficient (Wildman–Crippen LogP) is 4.80. The van der Waals surface area contributed by atoms with Crippen LogP contribution in [0.15, 0.2) is 103 Å². The lowest BCUT2D eigenvalue weighted by Crippen LogP contribution is -2.22. The molecule has 1 N–H and O–H groups in total. The second kappa shape index (κ2) is 9.15. The number of pyridine rings is 1. The molecule has 0 aliphatic heterocycles. The molecule has 0 fully saturated rings. The summed E-state index contributed by atoms with van der Waals surface area (Å²) in [4.78, 5) is 38.8. The smallest absolute Gasteiger partial charge is 0.354 e. The van der Waals surface area contributed by atoms with Gasteiger partial charge in [-0.05, 0) is 35.9 Å². The van der Waals surface area contributed by atoms with Crippen LogP contribution in [-0.4, -0.2) is 22.8 Å². The third-order valence-electron chi connectivity index (χ3n) is 5.62. The fraction of sp³-hybridized carbons (Fsp3) is 0.0741. The standard InChI is InChI=1S/C27H19NO6S/c1-33-26(31)17-10-7-11-18(14-17)35-24-22(29)21-23(34-27(24)32)19-12-5-6-13-20(19)28(25(21)30)15-16-8-3-2-4-9-16/h2-14,29H,15H2,1H3. The largest absolute Gasteiger partial charge is 0.505 e. The molecule has 2 aromatic heterocycles. The Morgan fingerprint density at radius 2 is 1.74 bits per heavy atom. The molecule has 0 aliphatic carbocycles. The summed E-state index contributed by atoms with van der Waals surface area (Å²) in [5.41, 5.74) is 0.555. The SMILES string of the molecule is COC(=O)c1cccc(Sc2c(O)c3c(=O)n(Cc4ccccc4)c4ccccc4c3oc2=O)c1. The number of nitrogens with zero attached hydrogens (tertiary/aromatic N) is 1. The van der Waals surface area contributed by atoms with E-state index >= 15 is 0 Å². The molecule has 0 bridgehead atoms. The van der Waals surface area contributed by atoms with Crippen molar-refractivity contribution >= 4 is 39.6 Å². The van der Waals surface area contributed by atoms with Gasteiger partial charge in [-0.2, -0.15) is 0 Å². The van der Waals surface area contributed by atoms with E-state index in [0.717, 1.165) is 17.3 Å². The van der Waals surface area contributed by atoms with Crippen LogP contribution in [0.25, 0.3) is 21.9 Å². The molecule has 5 rings (SSSR count). The van der Waals surface area contributed by atoms with Gasteiger partial charge in [-0.15, -0.1) is 0 Å². The van der Waals surface area contributed by atoms with Gasteiger partial charge in [-0.25, -0.2) is 9.59 Å². The molecule has 0 spiro atoms. The molecule has 0 atom stereocenters. The number of carbonyl (C=O) groups excluding carboxylic acids is 1. The number of esters is 1. The van der Waals surface area contributed by atoms with Crippen LogP contribution in [0.3, 0.4) is 0 Å². The molecule has 35 heavy (non-hydrogen) atoms. The number of para-hydroxylation sites is 1. The summed E-state index contributed by atoms with van der Waals surface area (Å²) in [5.74, 6) is -0.986. The Bertz CT molecular complexity index is 1710. The van der Waals surface area contributed by atoms with Gasteiger partial charge in [-0.1, -0.05) is 60.3 Å². The third-order valence-corrected chi connectivity index (χ3v) is 6.67. The van der Waals surface area contributed by atoms with Gasteiger partial charge >= 0.3 is 11.6 Å². The van der Waals surface area contributed by atoms with Gasteiger partial charge < -0.3 is 18.8 Å². The zero-order valence-electron chi connectivity index (χ0n) is 18.6. The second-order valence-electron chi connectivity index (χ2n) is 7.79.